The molecule has 3 aliphatic heterocycles. The van der Waals surface area contributed by atoms with Crippen molar-refractivity contribution in [1.82, 2.24) is 9.80 Å². The number of hydrogen-bond acceptors (Lipinski definition) is 6. The van der Waals surface area contributed by atoms with Gasteiger partial charge in [-0.1, -0.05) is 24.6 Å². The Morgan fingerprint density at radius 2 is 1.33 bits per heavy atom. The second-order valence-electron chi connectivity index (χ2n) is 9.20. The molecule has 33 heavy (non-hydrogen) atoms. The first-order valence-electron chi connectivity index (χ1n) is 12.1. The number of carbonyl (C=O) groups excluding carboxylic acids is 2. The van der Waals surface area contributed by atoms with E-state index < -0.39 is 0 Å². The number of nitrogens with zero attached hydrogens (tertiary/aromatic N) is 5. The van der Waals surface area contributed by atoms with Crippen LogP contribution < -0.4 is 4.90 Å². The summed E-state index contributed by atoms with van der Waals surface area (Å²) in [5.41, 5.74) is 2.06. The Kier molecular flexibility index (Phi) is 6.60. The van der Waals surface area contributed by atoms with Gasteiger partial charge < -0.3 is 4.90 Å². The van der Waals surface area contributed by atoms with Gasteiger partial charge >= 0.3 is 0 Å². The van der Waals surface area contributed by atoms with Crippen molar-refractivity contribution >= 4 is 28.9 Å². The number of carbonyl (C=O) groups is 2. The average molecular weight is 446 g/mol. The number of rotatable bonds is 5. The Labute approximate surface area is 195 Å². The molecule has 2 amide bonds. The number of anilines is 1. The number of amides is 2. The van der Waals surface area contributed by atoms with Gasteiger partial charge in [0, 0.05) is 19.1 Å². The fraction of sp³-hybridized carbons (Fsp3) is 0.462. The Bertz CT molecular complexity index is 993. The van der Waals surface area contributed by atoms with Crippen LogP contribution >= 0.6 is 0 Å². The van der Waals surface area contributed by atoms with E-state index in [9.17, 15) is 9.59 Å². The standard InChI is InChI=1S/C26H31N5O2/c32-25-19-24(30-17-13-22(14-18-30)29-15-5-2-6-16-29)26(33)31(25)23-11-9-21(10-12-23)28-27-20-7-3-1-4-8-20/h1,3-4,7-12,22,24H,2,5-6,13-19H2/t24-/m1/s1. The molecular formula is C26H31N5O2. The lowest BCUT2D eigenvalue weighted by atomic mass is 9.98. The van der Waals surface area contributed by atoms with E-state index >= 15 is 0 Å². The van der Waals surface area contributed by atoms with Gasteiger partial charge in [-0.25, -0.2) is 4.90 Å². The second-order valence-corrected chi connectivity index (χ2v) is 9.20. The van der Waals surface area contributed by atoms with Gasteiger partial charge in [-0.3, -0.25) is 14.5 Å². The minimum absolute atomic E-state index is 0.102. The fourth-order valence-electron chi connectivity index (χ4n) is 5.30. The lowest BCUT2D eigenvalue weighted by molar-refractivity contribution is -0.123. The zero-order valence-electron chi connectivity index (χ0n) is 19.0. The fourth-order valence-corrected chi connectivity index (χ4v) is 5.30. The van der Waals surface area contributed by atoms with Crippen molar-refractivity contribution < 1.29 is 9.59 Å². The summed E-state index contributed by atoms with van der Waals surface area (Å²) < 4.78 is 0. The molecule has 5 rings (SSSR count). The van der Waals surface area contributed by atoms with Gasteiger partial charge in [0.1, 0.15) is 0 Å². The van der Waals surface area contributed by atoms with Crippen molar-refractivity contribution in [3.63, 3.8) is 0 Å². The summed E-state index contributed by atoms with van der Waals surface area (Å²) in [6.45, 7) is 4.19. The van der Waals surface area contributed by atoms with Crippen LogP contribution in [0.1, 0.15) is 38.5 Å². The number of likely N-dealkylation sites (tertiary alicyclic amines) is 2. The highest BCUT2D eigenvalue weighted by Crippen LogP contribution is 2.30. The van der Waals surface area contributed by atoms with Gasteiger partial charge in [0.25, 0.3) is 5.91 Å². The van der Waals surface area contributed by atoms with E-state index in [0.717, 1.165) is 31.6 Å². The summed E-state index contributed by atoms with van der Waals surface area (Å²) in [4.78, 5) is 32.2. The van der Waals surface area contributed by atoms with Crippen LogP contribution in [0.5, 0.6) is 0 Å². The van der Waals surface area contributed by atoms with Gasteiger partial charge in [-0.15, -0.1) is 0 Å². The van der Waals surface area contributed by atoms with Crippen LogP contribution in [0.3, 0.4) is 0 Å². The zero-order valence-corrected chi connectivity index (χ0v) is 19.0. The van der Waals surface area contributed by atoms with Crippen LogP contribution in [0.25, 0.3) is 0 Å². The SMILES string of the molecule is O=C1C[C@@H](N2CCC(N3CCCCC3)CC2)C(=O)N1c1ccc(N=Nc2ccccc2)cc1. The molecule has 0 unspecified atom stereocenters. The van der Waals surface area contributed by atoms with Crippen molar-refractivity contribution in [3.8, 4) is 0 Å². The third-order valence-corrected chi connectivity index (χ3v) is 7.11. The second kappa shape index (κ2) is 9.93. The van der Waals surface area contributed by atoms with Crippen molar-refractivity contribution in [2.24, 2.45) is 10.2 Å². The first-order chi connectivity index (χ1) is 16.2. The zero-order chi connectivity index (χ0) is 22.6. The summed E-state index contributed by atoms with van der Waals surface area (Å²) in [7, 11) is 0. The highest BCUT2D eigenvalue weighted by molar-refractivity contribution is 6.22. The molecule has 0 saturated carbocycles. The first kappa shape index (κ1) is 21.9. The molecule has 0 radical (unpaired) electrons. The quantitative estimate of drug-likeness (QED) is 0.495. The highest BCUT2D eigenvalue weighted by Gasteiger charge is 2.43. The number of azo groups is 1. The lowest BCUT2D eigenvalue weighted by Crippen LogP contribution is -2.51. The molecule has 172 valence electrons. The summed E-state index contributed by atoms with van der Waals surface area (Å²) in [6, 6.07) is 17.0. The predicted molar refractivity (Wildman–Crippen MR) is 128 cm³/mol. The first-order valence-corrected chi connectivity index (χ1v) is 12.1. The van der Waals surface area contributed by atoms with Crippen LogP contribution in [-0.2, 0) is 9.59 Å². The molecule has 2 aromatic carbocycles. The molecule has 7 heteroatoms. The monoisotopic (exact) mass is 445 g/mol. The van der Waals surface area contributed by atoms with E-state index in [1.165, 1.54) is 37.3 Å². The Morgan fingerprint density at radius 3 is 2.00 bits per heavy atom. The van der Waals surface area contributed by atoms with Gasteiger partial charge in [0.2, 0.25) is 5.91 Å². The van der Waals surface area contributed by atoms with Gasteiger partial charge in [-0.2, -0.15) is 10.2 Å². The van der Waals surface area contributed by atoms with Crippen LogP contribution in [0, 0.1) is 0 Å². The molecule has 0 bridgehead atoms. The number of piperidine rings is 2. The predicted octanol–water partition coefficient (Wildman–Crippen LogP) is 4.68. The van der Waals surface area contributed by atoms with E-state index in [0.29, 0.717) is 17.4 Å². The molecule has 0 N–H and O–H groups in total. The van der Waals surface area contributed by atoms with E-state index in [4.69, 9.17) is 0 Å². The maximum absolute atomic E-state index is 13.2. The average Bonchev–Trinajstić information content (AvgIpc) is 3.18. The van der Waals surface area contributed by atoms with E-state index in [1.54, 1.807) is 24.3 Å². The Hall–Kier alpha value is -2.90. The van der Waals surface area contributed by atoms with Gasteiger partial charge in [0.15, 0.2) is 0 Å². The van der Waals surface area contributed by atoms with Crippen LogP contribution in [0.15, 0.2) is 64.8 Å². The van der Waals surface area contributed by atoms with Crippen LogP contribution in [0.4, 0.5) is 17.1 Å². The summed E-state index contributed by atoms with van der Waals surface area (Å²) in [6.07, 6.45) is 6.38. The molecule has 0 spiro atoms. The summed E-state index contributed by atoms with van der Waals surface area (Å²) in [5.74, 6) is -0.225. The topological polar surface area (TPSA) is 68.6 Å². The van der Waals surface area contributed by atoms with Crippen LogP contribution in [0.2, 0.25) is 0 Å². The van der Waals surface area contributed by atoms with Crippen LogP contribution in [-0.4, -0.2) is 59.9 Å². The molecule has 2 aromatic rings. The number of hydrogen-bond donors (Lipinski definition) is 0. The normalized spacial score (nSPS) is 23.6. The molecule has 1 atom stereocenters. The molecule has 0 aliphatic carbocycles. The third kappa shape index (κ3) is 4.89. The van der Waals surface area contributed by atoms with Crippen molar-refractivity contribution in [3.05, 3.63) is 54.6 Å². The third-order valence-electron chi connectivity index (χ3n) is 7.11. The number of imide groups is 1. The van der Waals surface area contributed by atoms with Gasteiger partial charge in [0.05, 0.1) is 29.5 Å². The van der Waals surface area contributed by atoms with E-state index in [2.05, 4.69) is 20.0 Å². The number of benzene rings is 2. The van der Waals surface area contributed by atoms with Crippen molar-refractivity contribution in [2.75, 3.05) is 31.1 Å². The van der Waals surface area contributed by atoms with Crippen molar-refractivity contribution in [1.29, 1.82) is 0 Å². The molecule has 3 fully saturated rings. The molecule has 7 nitrogen and oxygen atoms in total. The maximum atomic E-state index is 13.2. The summed E-state index contributed by atoms with van der Waals surface area (Å²) in [5, 5.41) is 8.45. The lowest BCUT2D eigenvalue weighted by Gasteiger charge is -2.41. The Morgan fingerprint density at radius 1 is 0.697 bits per heavy atom. The van der Waals surface area contributed by atoms with Crippen molar-refractivity contribution in [2.45, 2.75) is 50.6 Å². The van der Waals surface area contributed by atoms with Gasteiger partial charge in [-0.05, 0) is 75.2 Å². The molecule has 3 saturated heterocycles. The minimum Gasteiger partial charge on any atom is -0.300 e. The molecule has 3 heterocycles. The summed E-state index contributed by atoms with van der Waals surface area (Å²) >= 11 is 0. The molecule has 3 aliphatic rings. The largest absolute Gasteiger partial charge is 0.300 e. The highest BCUT2D eigenvalue weighted by atomic mass is 16.2. The molecular weight excluding hydrogens is 414 g/mol. The molecule has 0 aromatic heterocycles. The Balaban J connectivity index is 1.20. The smallest absolute Gasteiger partial charge is 0.251 e. The van der Waals surface area contributed by atoms with E-state index in [1.807, 2.05) is 30.3 Å². The van der Waals surface area contributed by atoms with E-state index in [-0.39, 0.29) is 24.3 Å². The minimum atomic E-state index is -0.336. The maximum Gasteiger partial charge on any atom is 0.251 e.